The molecule has 30 heavy (non-hydrogen) atoms. The number of halogens is 3. The molecule has 0 unspecified atom stereocenters. The minimum Gasteiger partial charge on any atom is -0.593 e. The molecule has 1 aromatic heterocycles. The van der Waals surface area contributed by atoms with Crippen molar-refractivity contribution in [3.05, 3.63) is 72.1 Å². The number of alkyl halides is 3. The Kier molecular flexibility index (Phi) is 6.09. The lowest BCUT2D eigenvalue weighted by Gasteiger charge is -2.17. The fraction of sp³-hybridized carbons (Fsp3) is 0.300. The fourth-order valence-electron chi connectivity index (χ4n) is 3.39. The van der Waals surface area contributed by atoms with Gasteiger partial charge in [0.05, 0.1) is 40.5 Å². The minimum absolute atomic E-state index is 0.0791. The van der Waals surface area contributed by atoms with Crippen LogP contribution in [0.4, 0.5) is 13.2 Å². The molecule has 3 aromatic rings. The van der Waals surface area contributed by atoms with Crippen LogP contribution in [0.5, 0.6) is 0 Å². The van der Waals surface area contributed by atoms with Gasteiger partial charge in [-0.25, -0.2) is 4.68 Å². The zero-order valence-corrected chi connectivity index (χ0v) is 16.7. The first-order valence-electron chi connectivity index (χ1n) is 9.43. The molecule has 2 heterocycles. The maximum Gasteiger partial charge on any atom is 0.416 e. The van der Waals surface area contributed by atoms with Crippen molar-refractivity contribution in [3.8, 4) is 5.69 Å². The molecule has 1 saturated heterocycles. The van der Waals surface area contributed by atoms with Gasteiger partial charge in [0.15, 0.2) is 4.90 Å². The average molecular weight is 435 g/mol. The Morgan fingerprint density at radius 2 is 1.93 bits per heavy atom. The summed E-state index contributed by atoms with van der Waals surface area (Å²) in [6, 6.07) is 14.2. The zero-order valence-electron chi connectivity index (χ0n) is 15.9. The van der Waals surface area contributed by atoms with Crippen molar-refractivity contribution in [1.29, 1.82) is 0 Å². The maximum atomic E-state index is 12.9. The average Bonchev–Trinajstić information content (AvgIpc) is 3.38. The summed E-state index contributed by atoms with van der Waals surface area (Å²) in [7, 11) is 0. The first-order valence-corrected chi connectivity index (χ1v) is 10.6. The van der Waals surface area contributed by atoms with Crippen molar-refractivity contribution in [3.63, 3.8) is 0 Å². The van der Waals surface area contributed by atoms with Crippen molar-refractivity contribution in [2.45, 2.75) is 30.1 Å². The first kappa shape index (κ1) is 20.9. The lowest BCUT2D eigenvalue weighted by molar-refractivity contribution is -0.137. The number of hydrogen-bond donors (Lipinski definition) is 1. The highest BCUT2D eigenvalue weighted by molar-refractivity contribution is 7.89. The van der Waals surface area contributed by atoms with E-state index >= 15 is 0 Å². The van der Waals surface area contributed by atoms with Gasteiger partial charge >= 0.3 is 6.18 Å². The Morgan fingerprint density at radius 1 is 1.13 bits per heavy atom. The van der Waals surface area contributed by atoms with Gasteiger partial charge in [-0.3, -0.25) is 4.90 Å². The zero-order chi connectivity index (χ0) is 21.1. The second-order valence-electron chi connectivity index (χ2n) is 7.12. The van der Waals surface area contributed by atoms with Crippen LogP contribution in [0, 0.1) is 0 Å². The Morgan fingerprint density at radius 3 is 2.70 bits per heavy atom. The number of aromatic nitrogens is 3. The van der Waals surface area contributed by atoms with Crippen LogP contribution in [0.2, 0.25) is 0 Å². The molecular weight excluding hydrogens is 415 g/mol. The van der Waals surface area contributed by atoms with Crippen LogP contribution in [0.1, 0.15) is 17.7 Å². The molecule has 4 rings (SSSR count). The summed E-state index contributed by atoms with van der Waals surface area (Å²) in [5, 5.41) is 8.35. The van der Waals surface area contributed by atoms with Crippen LogP contribution in [-0.4, -0.2) is 43.6 Å². The standard InChI is InChI=1S/C20H20F3N5OS/c21-20(22,23)15-5-4-8-19(11-15)30(29)25-16-9-10-27(12-16)13-17-14-28(26-24-17)18-6-2-1-3-7-18/h1-8,11,14,16,25H,9-10,12-13H2/t16-,30+/m1/s1. The van der Waals surface area contributed by atoms with Crippen LogP contribution >= 0.6 is 0 Å². The van der Waals surface area contributed by atoms with E-state index in [0.717, 1.165) is 36.5 Å². The second kappa shape index (κ2) is 8.76. The highest BCUT2D eigenvalue weighted by atomic mass is 32.2. The molecule has 1 fully saturated rings. The van der Waals surface area contributed by atoms with Crippen molar-refractivity contribution < 1.29 is 17.7 Å². The molecule has 0 amide bonds. The number of nitrogens with zero attached hydrogens (tertiary/aromatic N) is 4. The predicted molar refractivity (Wildman–Crippen MR) is 106 cm³/mol. The molecule has 10 heteroatoms. The van der Waals surface area contributed by atoms with E-state index in [1.165, 1.54) is 12.1 Å². The van der Waals surface area contributed by atoms with Crippen molar-refractivity contribution >= 4 is 11.4 Å². The SMILES string of the molecule is [O-][S@+](N[C@@H]1CCN(Cc2cn(-c3ccccc3)nn2)C1)c1cccc(C(F)(F)F)c1. The van der Waals surface area contributed by atoms with Gasteiger partial charge in [0.2, 0.25) is 0 Å². The van der Waals surface area contributed by atoms with Crippen LogP contribution in [0.3, 0.4) is 0 Å². The second-order valence-corrected chi connectivity index (χ2v) is 8.37. The lowest BCUT2D eigenvalue weighted by atomic mass is 10.2. The van der Waals surface area contributed by atoms with E-state index in [9.17, 15) is 17.7 Å². The number of rotatable bonds is 6. The molecule has 1 aliphatic heterocycles. The largest absolute Gasteiger partial charge is 0.593 e. The summed E-state index contributed by atoms with van der Waals surface area (Å²) in [5.41, 5.74) is 0.942. The smallest absolute Gasteiger partial charge is 0.416 e. The molecule has 1 aliphatic rings. The maximum absolute atomic E-state index is 12.9. The summed E-state index contributed by atoms with van der Waals surface area (Å²) >= 11 is -1.71. The Hall–Kier alpha value is -2.40. The van der Waals surface area contributed by atoms with Crippen LogP contribution < -0.4 is 4.72 Å². The van der Waals surface area contributed by atoms with E-state index in [-0.39, 0.29) is 10.9 Å². The van der Waals surface area contributed by atoms with E-state index in [1.807, 2.05) is 36.5 Å². The van der Waals surface area contributed by atoms with Crippen molar-refractivity contribution in [2.75, 3.05) is 13.1 Å². The molecule has 6 nitrogen and oxygen atoms in total. The van der Waals surface area contributed by atoms with E-state index in [2.05, 4.69) is 19.9 Å². The molecule has 0 spiro atoms. The van der Waals surface area contributed by atoms with Gasteiger partial charge < -0.3 is 4.55 Å². The van der Waals surface area contributed by atoms with Gasteiger partial charge in [-0.2, -0.15) is 13.2 Å². The Balaban J connectivity index is 1.32. The van der Waals surface area contributed by atoms with Gasteiger partial charge in [-0.15, -0.1) is 9.82 Å². The topological polar surface area (TPSA) is 69.0 Å². The quantitative estimate of drug-likeness (QED) is 0.603. The summed E-state index contributed by atoms with van der Waals surface area (Å²) in [6.45, 7) is 2.00. The molecule has 0 aliphatic carbocycles. The number of benzene rings is 2. The van der Waals surface area contributed by atoms with E-state index in [4.69, 9.17) is 0 Å². The third kappa shape index (κ3) is 5.01. The lowest BCUT2D eigenvalue weighted by Crippen LogP contribution is -2.37. The Labute approximate surface area is 175 Å². The molecular formula is C20H20F3N5OS. The van der Waals surface area contributed by atoms with E-state index in [0.29, 0.717) is 13.1 Å². The molecule has 0 radical (unpaired) electrons. The van der Waals surface area contributed by atoms with Crippen LogP contribution in [0.25, 0.3) is 5.69 Å². The summed E-state index contributed by atoms with van der Waals surface area (Å²) < 4.78 is 55.7. The predicted octanol–water partition coefficient (Wildman–Crippen LogP) is 3.17. The van der Waals surface area contributed by atoms with E-state index in [1.54, 1.807) is 4.68 Å². The molecule has 1 N–H and O–H groups in total. The third-order valence-electron chi connectivity index (χ3n) is 4.87. The van der Waals surface area contributed by atoms with Gasteiger partial charge in [-0.1, -0.05) is 29.5 Å². The number of para-hydroxylation sites is 1. The van der Waals surface area contributed by atoms with Gasteiger partial charge in [-0.05, 0) is 30.7 Å². The van der Waals surface area contributed by atoms with Crippen molar-refractivity contribution in [2.24, 2.45) is 0 Å². The number of hydrogen-bond acceptors (Lipinski definition) is 5. The monoisotopic (exact) mass is 435 g/mol. The molecule has 0 bridgehead atoms. The Bertz CT molecular complexity index is 982. The van der Waals surface area contributed by atoms with Crippen molar-refractivity contribution in [1.82, 2.24) is 24.6 Å². The summed E-state index contributed by atoms with van der Waals surface area (Å²) in [5.74, 6) is 0. The van der Waals surface area contributed by atoms with E-state index < -0.39 is 23.1 Å². The minimum atomic E-state index is -4.46. The fourth-order valence-corrected chi connectivity index (χ4v) is 4.45. The van der Waals surface area contributed by atoms with Gasteiger partial charge in [0, 0.05) is 25.7 Å². The normalized spacial score (nSPS) is 18.6. The molecule has 2 atom stereocenters. The number of nitrogens with one attached hydrogen (secondary N) is 1. The van der Waals surface area contributed by atoms with Gasteiger partial charge in [0.25, 0.3) is 0 Å². The third-order valence-corrected chi connectivity index (χ3v) is 6.10. The highest BCUT2D eigenvalue weighted by Gasteiger charge is 2.33. The van der Waals surface area contributed by atoms with Gasteiger partial charge in [0.1, 0.15) is 0 Å². The molecule has 2 aromatic carbocycles. The van der Waals surface area contributed by atoms with Crippen LogP contribution in [0.15, 0.2) is 65.7 Å². The summed E-state index contributed by atoms with van der Waals surface area (Å²) in [4.78, 5) is 2.27. The first-order chi connectivity index (χ1) is 14.4. The van der Waals surface area contributed by atoms with Crippen LogP contribution in [-0.2, 0) is 24.1 Å². The molecule has 158 valence electrons. The number of likely N-dealkylation sites (tertiary alicyclic amines) is 1. The highest BCUT2D eigenvalue weighted by Crippen LogP contribution is 2.30. The molecule has 0 saturated carbocycles. The summed E-state index contributed by atoms with van der Waals surface area (Å²) in [6.07, 6.45) is -1.84.